The number of carbonyl (C=O) groups excluding carboxylic acids is 1. The van der Waals surface area contributed by atoms with Crippen LogP contribution in [0, 0.1) is 6.92 Å². The molecule has 0 atom stereocenters. The van der Waals surface area contributed by atoms with Crippen LogP contribution in [0.2, 0.25) is 0 Å². The fraction of sp³-hybridized carbons (Fsp3) is 0.261. The Balaban J connectivity index is 1.31. The predicted octanol–water partition coefficient (Wildman–Crippen LogP) is 3.82. The molecular formula is C23H25N3O3S2. The van der Waals surface area contributed by atoms with E-state index in [-0.39, 0.29) is 5.91 Å². The fourth-order valence-electron chi connectivity index (χ4n) is 3.55. The molecule has 8 heteroatoms. The molecule has 1 saturated heterocycles. The summed E-state index contributed by atoms with van der Waals surface area (Å²) in [6.45, 7) is 4.97. The number of nitrogens with one attached hydrogen (secondary N) is 1. The molecule has 3 aromatic rings. The first-order valence-corrected chi connectivity index (χ1v) is 12.4. The summed E-state index contributed by atoms with van der Waals surface area (Å²) in [5.74, 6) is -0.139. The lowest BCUT2D eigenvalue weighted by Gasteiger charge is -2.33. The Bertz CT molecular complexity index is 1130. The predicted molar refractivity (Wildman–Crippen MR) is 124 cm³/mol. The minimum absolute atomic E-state index is 0.139. The van der Waals surface area contributed by atoms with Gasteiger partial charge in [-0.1, -0.05) is 30.3 Å². The molecule has 0 spiro atoms. The van der Waals surface area contributed by atoms with Crippen LogP contribution >= 0.6 is 11.3 Å². The number of sulfonamides is 1. The molecule has 6 nitrogen and oxygen atoms in total. The van der Waals surface area contributed by atoms with Crippen molar-refractivity contribution >= 4 is 33.0 Å². The molecule has 0 bridgehead atoms. The minimum Gasteiger partial charge on any atom is -0.322 e. The van der Waals surface area contributed by atoms with Crippen molar-refractivity contribution in [2.45, 2.75) is 17.7 Å². The van der Waals surface area contributed by atoms with E-state index in [9.17, 15) is 13.2 Å². The summed E-state index contributed by atoms with van der Waals surface area (Å²) in [6, 6.07) is 20.5. The Hall–Kier alpha value is -2.52. The molecule has 31 heavy (non-hydrogen) atoms. The van der Waals surface area contributed by atoms with E-state index in [0.717, 1.165) is 22.7 Å². The molecule has 1 aliphatic rings. The molecule has 1 N–H and O–H groups in total. The van der Waals surface area contributed by atoms with Gasteiger partial charge < -0.3 is 5.32 Å². The highest BCUT2D eigenvalue weighted by Crippen LogP contribution is 2.25. The number of para-hydroxylation sites is 1. The SMILES string of the molecule is Cc1ccc(S(=O)(=O)N2CCN(Cc3ccc(C(=O)Nc4ccccc4)cc3)CC2)s1. The first-order valence-electron chi connectivity index (χ1n) is 10.2. The van der Waals surface area contributed by atoms with Gasteiger partial charge in [-0.3, -0.25) is 9.69 Å². The lowest BCUT2D eigenvalue weighted by molar-refractivity contribution is 0.102. The molecule has 162 valence electrons. The zero-order chi connectivity index (χ0) is 21.8. The summed E-state index contributed by atoms with van der Waals surface area (Å²) in [5.41, 5.74) is 2.47. The fourth-order valence-corrected chi connectivity index (χ4v) is 6.41. The van der Waals surface area contributed by atoms with Crippen molar-refractivity contribution < 1.29 is 13.2 Å². The zero-order valence-corrected chi connectivity index (χ0v) is 19.0. The van der Waals surface area contributed by atoms with Gasteiger partial charge in [0.15, 0.2) is 0 Å². The van der Waals surface area contributed by atoms with Crippen molar-refractivity contribution in [2.24, 2.45) is 0 Å². The molecule has 1 aliphatic heterocycles. The van der Waals surface area contributed by atoms with Gasteiger partial charge in [-0.2, -0.15) is 4.31 Å². The monoisotopic (exact) mass is 455 g/mol. The summed E-state index contributed by atoms with van der Waals surface area (Å²) in [4.78, 5) is 15.6. The molecule has 4 rings (SSSR count). The Morgan fingerprint density at radius 1 is 0.935 bits per heavy atom. The molecule has 0 aliphatic carbocycles. The number of thiophene rings is 1. The maximum atomic E-state index is 12.8. The van der Waals surface area contributed by atoms with Gasteiger partial charge in [-0.25, -0.2) is 8.42 Å². The lowest BCUT2D eigenvalue weighted by Crippen LogP contribution is -2.48. The topological polar surface area (TPSA) is 69.7 Å². The number of benzene rings is 2. The van der Waals surface area contributed by atoms with E-state index in [2.05, 4.69) is 10.2 Å². The van der Waals surface area contributed by atoms with E-state index in [0.29, 0.717) is 36.0 Å². The highest BCUT2D eigenvalue weighted by Gasteiger charge is 2.29. The third-order valence-electron chi connectivity index (χ3n) is 5.30. The minimum atomic E-state index is -3.40. The van der Waals surface area contributed by atoms with Crippen molar-refractivity contribution in [3.05, 3.63) is 82.7 Å². The highest BCUT2D eigenvalue weighted by molar-refractivity contribution is 7.91. The third kappa shape index (κ3) is 5.22. The molecule has 0 saturated carbocycles. The van der Waals surface area contributed by atoms with Crippen LogP contribution in [-0.2, 0) is 16.6 Å². The molecule has 1 amide bonds. The highest BCUT2D eigenvalue weighted by atomic mass is 32.2. The molecular weight excluding hydrogens is 430 g/mol. The number of piperazine rings is 1. The Labute approximate surface area is 187 Å². The van der Waals surface area contributed by atoms with Crippen molar-refractivity contribution in [3.8, 4) is 0 Å². The quantitative estimate of drug-likeness (QED) is 0.614. The molecule has 0 unspecified atom stereocenters. The van der Waals surface area contributed by atoms with Crippen LogP contribution in [-0.4, -0.2) is 49.7 Å². The number of hydrogen-bond donors (Lipinski definition) is 1. The summed E-state index contributed by atoms with van der Waals surface area (Å²) in [7, 11) is -3.40. The van der Waals surface area contributed by atoms with Gasteiger partial charge in [-0.15, -0.1) is 11.3 Å². The normalized spacial score (nSPS) is 15.6. The van der Waals surface area contributed by atoms with Gasteiger partial charge in [0.1, 0.15) is 4.21 Å². The van der Waals surface area contributed by atoms with E-state index in [1.807, 2.05) is 67.6 Å². The van der Waals surface area contributed by atoms with Crippen LogP contribution in [0.1, 0.15) is 20.8 Å². The maximum Gasteiger partial charge on any atom is 0.255 e. The van der Waals surface area contributed by atoms with Crippen LogP contribution in [0.3, 0.4) is 0 Å². The van der Waals surface area contributed by atoms with E-state index in [1.165, 1.54) is 11.3 Å². The van der Waals surface area contributed by atoms with Gasteiger partial charge >= 0.3 is 0 Å². The second kappa shape index (κ2) is 9.32. The van der Waals surface area contributed by atoms with Crippen molar-refractivity contribution in [3.63, 3.8) is 0 Å². The molecule has 1 aromatic heterocycles. The summed E-state index contributed by atoms with van der Waals surface area (Å²) >= 11 is 1.32. The maximum absolute atomic E-state index is 12.8. The molecule has 2 aromatic carbocycles. The lowest BCUT2D eigenvalue weighted by atomic mass is 10.1. The molecule has 2 heterocycles. The van der Waals surface area contributed by atoms with Gasteiger partial charge in [-0.05, 0) is 48.9 Å². The molecule has 0 radical (unpaired) electrons. The van der Waals surface area contributed by atoms with Gasteiger partial charge in [0.2, 0.25) is 0 Å². The van der Waals surface area contributed by atoms with E-state index >= 15 is 0 Å². The van der Waals surface area contributed by atoms with Crippen molar-refractivity contribution in [1.29, 1.82) is 0 Å². The van der Waals surface area contributed by atoms with Crippen molar-refractivity contribution in [1.82, 2.24) is 9.21 Å². The zero-order valence-electron chi connectivity index (χ0n) is 17.3. The second-order valence-electron chi connectivity index (χ2n) is 7.56. The van der Waals surface area contributed by atoms with E-state index in [1.54, 1.807) is 10.4 Å². The number of hydrogen-bond acceptors (Lipinski definition) is 5. The summed E-state index contributed by atoms with van der Waals surface area (Å²) in [6.07, 6.45) is 0. The van der Waals surface area contributed by atoms with Gasteiger partial charge in [0, 0.05) is 48.9 Å². The number of amides is 1. The van der Waals surface area contributed by atoms with Crippen LogP contribution in [0.5, 0.6) is 0 Å². The van der Waals surface area contributed by atoms with Gasteiger partial charge in [0.25, 0.3) is 15.9 Å². The van der Waals surface area contributed by atoms with Crippen LogP contribution in [0.25, 0.3) is 0 Å². The third-order valence-corrected chi connectivity index (χ3v) is 8.66. The first kappa shape index (κ1) is 21.7. The average molecular weight is 456 g/mol. The smallest absolute Gasteiger partial charge is 0.255 e. The van der Waals surface area contributed by atoms with Crippen LogP contribution in [0.15, 0.2) is 70.9 Å². The van der Waals surface area contributed by atoms with E-state index < -0.39 is 10.0 Å². The Morgan fingerprint density at radius 3 is 2.23 bits per heavy atom. The van der Waals surface area contributed by atoms with E-state index in [4.69, 9.17) is 0 Å². The number of nitrogens with zero attached hydrogens (tertiary/aromatic N) is 2. The van der Waals surface area contributed by atoms with Gasteiger partial charge in [0.05, 0.1) is 0 Å². The summed E-state index contributed by atoms with van der Waals surface area (Å²) < 4.78 is 27.6. The number of anilines is 1. The van der Waals surface area contributed by atoms with Crippen LogP contribution < -0.4 is 5.32 Å². The molecule has 1 fully saturated rings. The Morgan fingerprint density at radius 2 is 1.61 bits per heavy atom. The van der Waals surface area contributed by atoms with Crippen LogP contribution in [0.4, 0.5) is 5.69 Å². The average Bonchev–Trinajstić information content (AvgIpc) is 3.22. The number of rotatable bonds is 6. The second-order valence-corrected chi connectivity index (χ2v) is 11.0. The Kier molecular flexibility index (Phi) is 6.52. The largest absolute Gasteiger partial charge is 0.322 e. The number of aryl methyl sites for hydroxylation is 1. The first-order chi connectivity index (χ1) is 14.9. The summed E-state index contributed by atoms with van der Waals surface area (Å²) in [5, 5.41) is 2.88. The van der Waals surface area contributed by atoms with Crippen molar-refractivity contribution in [2.75, 3.05) is 31.5 Å². The standard InChI is InChI=1S/C23H25N3O3S2/c1-18-7-12-22(30-18)31(28,29)26-15-13-25(14-16-26)17-19-8-10-20(11-9-19)23(27)24-21-5-3-2-4-6-21/h2-12H,13-17H2,1H3,(H,24,27). The number of carbonyl (C=O) groups is 1.